The largest absolute Gasteiger partial charge is 0.332 e. The second kappa shape index (κ2) is 13.3. The standard InChI is InChI=1S/C15H13N5OS.C9H5N5OS/c21-15(18-9-12-3-1-2-6-17-12)20-13-10-22-14(19-13)11-4-7-16-8-5-11;10-14-13-8(15)7-5-16-9(12-7)6-1-3-11-4-2-6/h1-8,10H,9H2,(H2,18,20,21);1-5H. The van der Waals surface area contributed by atoms with Crippen LogP contribution in [-0.2, 0) is 6.54 Å². The number of hydrogen-bond acceptors (Lipinski definition) is 9. The van der Waals surface area contributed by atoms with E-state index in [0.717, 1.165) is 21.8 Å². The lowest BCUT2D eigenvalue weighted by atomic mass is 10.3. The molecule has 0 unspecified atom stereocenters. The van der Waals surface area contributed by atoms with Crippen molar-refractivity contribution in [1.29, 1.82) is 0 Å². The molecule has 0 atom stereocenters. The number of thiazole rings is 2. The van der Waals surface area contributed by atoms with E-state index in [4.69, 9.17) is 5.53 Å². The average Bonchev–Trinajstić information content (AvgIpc) is 3.65. The van der Waals surface area contributed by atoms with Gasteiger partial charge in [-0.1, -0.05) is 6.07 Å². The Kier molecular flexibility index (Phi) is 9.12. The van der Waals surface area contributed by atoms with Crippen LogP contribution < -0.4 is 10.6 Å². The highest BCUT2D eigenvalue weighted by Gasteiger charge is 2.10. The van der Waals surface area contributed by atoms with Gasteiger partial charge in [0, 0.05) is 57.8 Å². The molecule has 3 amide bonds. The second-order valence-corrected chi connectivity index (χ2v) is 8.89. The van der Waals surface area contributed by atoms with E-state index in [1.165, 1.54) is 22.7 Å². The molecule has 0 saturated heterocycles. The Morgan fingerprint density at radius 1 is 0.868 bits per heavy atom. The SMILES string of the molecule is O=C(NCc1ccccn1)Nc1csc(-c2ccncc2)n1.[N-]=[N+]=NC(=O)c1csc(-c2ccncc2)n1. The number of nitrogens with zero attached hydrogens (tertiary/aromatic N) is 8. The maximum Gasteiger partial charge on any atom is 0.320 e. The van der Waals surface area contributed by atoms with Crippen molar-refractivity contribution in [3.8, 4) is 21.1 Å². The summed E-state index contributed by atoms with van der Waals surface area (Å²) in [6.45, 7) is 0.369. The lowest BCUT2D eigenvalue weighted by Crippen LogP contribution is -2.28. The van der Waals surface area contributed by atoms with Crippen LogP contribution in [0.1, 0.15) is 16.2 Å². The van der Waals surface area contributed by atoms with Crippen LogP contribution in [0.4, 0.5) is 10.6 Å². The molecule has 0 fully saturated rings. The Balaban J connectivity index is 0.000000186. The number of urea groups is 1. The van der Waals surface area contributed by atoms with Crippen LogP contribution in [0.3, 0.4) is 0 Å². The number of amides is 3. The number of carbonyl (C=O) groups excluding carboxylic acids is 2. The number of anilines is 1. The first kappa shape index (κ1) is 26.0. The van der Waals surface area contributed by atoms with Crippen LogP contribution in [-0.4, -0.2) is 36.9 Å². The third-order valence-electron chi connectivity index (χ3n) is 4.62. The topological polar surface area (TPSA) is 171 Å². The third-order valence-corrected chi connectivity index (χ3v) is 6.40. The number of pyridine rings is 3. The van der Waals surface area contributed by atoms with Gasteiger partial charge in [0.2, 0.25) is 0 Å². The Morgan fingerprint density at radius 3 is 2.16 bits per heavy atom. The zero-order valence-electron chi connectivity index (χ0n) is 19.5. The maximum atomic E-state index is 11.8. The molecular weight excluding hydrogens is 524 g/mol. The summed E-state index contributed by atoms with van der Waals surface area (Å²) in [5, 5.41) is 13.3. The van der Waals surface area contributed by atoms with Crippen molar-refractivity contribution in [3.05, 3.63) is 106 Å². The van der Waals surface area contributed by atoms with Gasteiger partial charge in [-0.25, -0.2) is 14.8 Å². The fourth-order valence-electron chi connectivity index (χ4n) is 2.88. The minimum absolute atomic E-state index is 0.162. The van der Waals surface area contributed by atoms with Crippen molar-refractivity contribution in [3.63, 3.8) is 0 Å². The molecule has 5 aromatic heterocycles. The van der Waals surface area contributed by atoms with Gasteiger partial charge in [0.15, 0.2) is 0 Å². The van der Waals surface area contributed by atoms with Crippen LogP contribution in [0, 0.1) is 0 Å². The molecule has 188 valence electrons. The molecule has 14 heteroatoms. The quantitative estimate of drug-likeness (QED) is 0.160. The van der Waals surface area contributed by atoms with Gasteiger partial charge in [-0.3, -0.25) is 25.1 Å². The molecule has 0 aliphatic heterocycles. The van der Waals surface area contributed by atoms with E-state index >= 15 is 0 Å². The van der Waals surface area contributed by atoms with Crippen molar-refractivity contribution in [1.82, 2.24) is 30.2 Å². The monoisotopic (exact) mass is 542 g/mol. The average molecular weight is 543 g/mol. The van der Waals surface area contributed by atoms with Gasteiger partial charge in [-0.05, 0) is 47.0 Å². The van der Waals surface area contributed by atoms with Gasteiger partial charge in [0.25, 0.3) is 5.91 Å². The van der Waals surface area contributed by atoms with Gasteiger partial charge < -0.3 is 5.32 Å². The lowest BCUT2D eigenvalue weighted by Gasteiger charge is -2.04. The van der Waals surface area contributed by atoms with Crippen LogP contribution in [0.25, 0.3) is 31.6 Å². The molecule has 38 heavy (non-hydrogen) atoms. The number of azide groups is 1. The van der Waals surface area contributed by atoms with E-state index < -0.39 is 5.91 Å². The molecule has 0 saturated carbocycles. The third kappa shape index (κ3) is 7.48. The Morgan fingerprint density at radius 2 is 1.53 bits per heavy atom. The van der Waals surface area contributed by atoms with Gasteiger partial charge >= 0.3 is 6.03 Å². The summed E-state index contributed by atoms with van der Waals surface area (Å²) in [4.78, 5) is 45.9. The summed E-state index contributed by atoms with van der Waals surface area (Å²) < 4.78 is 0. The van der Waals surface area contributed by atoms with Gasteiger partial charge in [0.05, 0.1) is 12.2 Å². The second-order valence-electron chi connectivity index (χ2n) is 7.17. The summed E-state index contributed by atoms with van der Waals surface area (Å²) in [6, 6.07) is 12.6. The van der Waals surface area contributed by atoms with E-state index in [9.17, 15) is 9.59 Å². The molecule has 0 spiro atoms. The molecular formula is C24H18N10O2S2. The summed E-state index contributed by atoms with van der Waals surface area (Å²) in [7, 11) is 0. The van der Waals surface area contributed by atoms with E-state index in [0.29, 0.717) is 17.4 Å². The highest BCUT2D eigenvalue weighted by Crippen LogP contribution is 2.25. The zero-order chi connectivity index (χ0) is 26.6. The molecule has 0 radical (unpaired) electrons. The summed E-state index contributed by atoms with van der Waals surface area (Å²) in [5.74, 6) is -0.144. The number of carbonyl (C=O) groups is 2. The molecule has 2 N–H and O–H groups in total. The van der Waals surface area contributed by atoms with Crippen molar-refractivity contribution in [2.75, 3.05) is 5.32 Å². The minimum atomic E-state index is -0.668. The van der Waals surface area contributed by atoms with E-state index in [2.05, 4.69) is 45.6 Å². The minimum Gasteiger partial charge on any atom is -0.332 e. The van der Waals surface area contributed by atoms with Crippen molar-refractivity contribution in [2.24, 2.45) is 5.11 Å². The van der Waals surface area contributed by atoms with Crippen molar-refractivity contribution < 1.29 is 9.59 Å². The highest BCUT2D eigenvalue weighted by atomic mass is 32.1. The summed E-state index contributed by atoms with van der Waals surface area (Å²) in [6.07, 6.45) is 8.40. The number of rotatable bonds is 6. The van der Waals surface area contributed by atoms with E-state index in [1.54, 1.807) is 53.9 Å². The maximum absolute atomic E-state index is 11.8. The fourth-order valence-corrected chi connectivity index (χ4v) is 4.44. The first-order valence-electron chi connectivity index (χ1n) is 10.9. The Labute approximate surface area is 224 Å². The Bertz CT molecular complexity index is 1540. The molecule has 0 aliphatic carbocycles. The first-order chi connectivity index (χ1) is 18.6. The molecule has 12 nitrogen and oxygen atoms in total. The summed E-state index contributed by atoms with van der Waals surface area (Å²) >= 11 is 2.78. The van der Waals surface area contributed by atoms with Crippen molar-refractivity contribution >= 4 is 40.4 Å². The zero-order valence-corrected chi connectivity index (χ0v) is 21.1. The molecule has 0 aliphatic rings. The normalized spacial score (nSPS) is 9.89. The molecule has 5 heterocycles. The van der Waals surface area contributed by atoms with Gasteiger partial charge in [-0.2, -0.15) is 0 Å². The molecule has 0 bridgehead atoms. The first-order valence-corrected chi connectivity index (χ1v) is 12.6. The predicted molar refractivity (Wildman–Crippen MR) is 144 cm³/mol. The lowest BCUT2D eigenvalue weighted by molar-refractivity contribution is 0.0996. The predicted octanol–water partition coefficient (Wildman–Crippen LogP) is 5.58. The highest BCUT2D eigenvalue weighted by molar-refractivity contribution is 7.13. The smallest absolute Gasteiger partial charge is 0.320 e. The number of aromatic nitrogens is 5. The van der Waals surface area contributed by atoms with Crippen molar-refractivity contribution in [2.45, 2.75) is 6.54 Å². The van der Waals surface area contributed by atoms with E-state index in [-0.39, 0.29) is 11.7 Å². The number of hydrogen-bond donors (Lipinski definition) is 2. The molecule has 5 aromatic rings. The fraction of sp³-hybridized carbons (Fsp3) is 0.0417. The number of nitrogens with one attached hydrogen (secondary N) is 2. The van der Waals surface area contributed by atoms with Crippen LogP contribution in [0.15, 0.2) is 89.3 Å². The Hall–Kier alpha value is -5.04. The van der Waals surface area contributed by atoms with Gasteiger partial charge in [-0.15, -0.1) is 22.7 Å². The molecule has 5 rings (SSSR count). The van der Waals surface area contributed by atoms with Crippen LogP contribution >= 0.6 is 22.7 Å². The van der Waals surface area contributed by atoms with E-state index in [1.807, 2.05) is 30.3 Å². The molecule has 0 aromatic carbocycles. The van der Waals surface area contributed by atoms with Crippen LogP contribution in [0.2, 0.25) is 0 Å². The van der Waals surface area contributed by atoms with Gasteiger partial charge in [0.1, 0.15) is 21.5 Å². The summed E-state index contributed by atoms with van der Waals surface area (Å²) in [5.41, 5.74) is 10.9. The van der Waals surface area contributed by atoms with Crippen LogP contribution in [0.5, 0.6) is 0 Å².